The predicted octanol–water partition coefficient (Wildman–Crippen LogP) is 10.2. The molecule has 3 aromatic rings. The maximum Gasteiger partial charge on any atom is 0.286 e. The lowest BCUT2D eigenvalue weighted by atomic mass is 9.92. The monoisotopic (exact) mass is 837 g/mol. The summed E-state index contributed by atoms with van der Waals surface area (Å²) in [5.41, 5.74) is -0.172. The van der Waals surface area contributed by atoms with E-state index in [0.29, 0.717) is 20.6 Å². The summed E-state index contributed by atoms with van der Waals surface area (Å²) in [7, 11) is 0. The maximum absolute atomic E-state index is 14.8. The van der Waals surface area contributed by atoms with Crippen molar-refractivity contribution in [3.63, 3.8) is 0 Å². The van der Waals surface area contributed by atoms with Crippen LogP contribution in [0, 0.1) is 0 Å². The molecule has 2 aromatic carbocycles. The fourth-order valence-electron chi connectivity index (χ4n) is 7.44. The van der Waals surface area contributed by atoms with E-state index in [1.165, 1.54) is 88.7 Å². The topological polar surface area (TPSA) is 128 Å². The Hall–Kier alpha value is -5.23. The standard InChI is InChI=1S/C48H63N5O6S/c1-9-11-13-15-17-25-31-50(32-26-18-16-14-12-10-2)47-49-42(37-27-21-19-22-28-37)40(60-47)33-39-34(3)41(45(58)51(35(4)54)48(6,7)8)46(59)53(44(39)57)52(36(5)55)43(56)38-29-23-20-24-30-38/h19-24,27-30,33H,9-18,25-26,31-32H2,1-8H3/b39-33-. The van der Waals surface area contributed by atoms with Crippen molar-refractivity contribution < 1.29 is 28.8 Å². The van der Waals surface area contributed by atoms with Crippen LogP contribution in [0.5, 0.6) is 0 Å². The minimum Gasteiger partial charge on any atom is -0.348 e. The van der Waals surface area contributed by atoms with Gasteiger partial charge in [0.2, 0.25) is 11.8 Å². The highest BCUT2D eigenvalue weighted by molar-refractivity contribution is 7.17. The summed E-state index contributed by atoms with van der Waals surface area (Å²) in [6.45, 7) is 14.8. The molecule has 0 N–H and O–H groups in total. The minimum absolute atomic E-state index is 0.0161. The summed E-state index contributed by atoms with van der Waals surface area (Å²) in [4.78, 5) is 93.4. The van der Waals surface area contributed by atoms with Crippen LogP contribution in [-0.2, 0) is 24.0 Å². The first-order chi connectivity index (χ1) is 28.6. The number of carbonyl (C=O) groups excluding carboxylic acids is 6. The van der Waals surface area contributed by atoms with Crippen molar-refractivity contribution in [3.8, 4) is 11.3 Å². The van der Waals surface area contributed by atoms with Gasteiger partial charge in [0.15, 0.2) is 5.13 Å². The molecule has 0 saturated heterocycles. The third-order valence-electron chi connectivity index (χ3n) is 10.5. The molecule has 0 fully saturated rings. The van der Waals surface area contributed by atoms with Crippen molar-refractivity contribution in [1.82, 2.24) is 19.9 Å². The number of hydrazine groups is 1. The number of carbonyl (C=O) groups is 6. The smallest absolute Gasteiger partial charge is 0.286 e. The van der Waals surface area contributed by atoms with E-state index in [1.54, 1.807) is 45.0 Å². The Kier molecular flexibility index (Phi) is 17.7. The van der Waals surface area contributed by atoms with Crippen LogP contribution < -0.4 is 4.90 Å². The molecule has 0 radical (unpaired) electrons. The lowest BCUT2D eigenvalue weighted by Gasteiger charge is -2.38. The van der Waals surface area contributed by atoms with Crippen molar-refractivity contribution in [2.24, 2.45) is 0 Å². The van der Waals surface area contributed by atoms with Crippen LogP contribution in [0.1, 0.15) is 148 Å². The zero-order valence-electron chi connectivity index (χ0n) is 36.8. The van der Waals surface area contributed by atoms with Gasteiger partial charge in [-0.1, -0.05) is 138 Å². The maximum atomic E-state index is 14.8. The van der Waals surface area contributed by atoms with Gasteiger partial charge in [0.1, 0.15) is 5.57 Å². The summed E-state index contributed by atoms with van der Waals surface area (Å²) in [5, 5.41) is 1.71. The summed E-state index contributed by atoms with van der Waals surface area (Å²) in [6, 6.07) is 17.4. The molecule has 4 rings (SSSR count). The van der Waals surface area contributed by atoms with Crippen LogP contribution in [0.15, 0.2) is 77.4 Å². The first kappa shape index (κ1) is 47.4. The zero-order valence-corrected chi connectivity index (χ0v) is 37.7. The van der Waals surface area contributed by atoms with Gasteiger partial charge < -0.3 is 4.90 Å². The largest absolute Gasteiger partial charge is 0.348 e. The molecule has 1 aromatic heterocycles. The number of imide groups is 3. The van der Waals surface area contributed by atoms with Crippen molar-refractivity contribution in [2.45, 2.75) is 138 Å². The van der Waals surface area contributed by atoms with E-state index in [2.05, 4.69) is 18.7 Å². The SMILES string of the molecule is CCCCCCCCN(CCCCCCCC)c1nc(-c2ccccc2)c(/C=C2\C(=O)N(N(C(C)=O)C(=O)c3ccccc3)C(=O)C(C(=O)N(C(C)=O)C(C)(C)C)=C2C)s1. The van der Waals surface area contributed by atoms with Gasteiger partial charge in [-0.2, -0.15) is 10.0 Å². The molecule has 6 amide bonds. The van der Waals surface area contributed by atoms with Gasteiger partial charge in [0.25, 0.3) is 23.6 Å². The van der Waals surface area contributed by atoms with E-state index in [1.807, 2.05) is 30.3 Å². The summed E-state index contributed by atoms with van der Waals surface area (Å²) in [6.07, 6.45) is 15.4. The highest BCUT2D eigenvalue weighted by Crippen LogP contribution is 2.38. The van der Waals surface area contributed by atoms with E-state index >= 15 is 0 Å². The van der Waals surface area contributed by atoms with Gasteiger partial charge in [-0.05, 0) is 64.3 Å². The fourth-order valence-corrected chi connectivity index (χ4v) is 8.52. The average molecular weight is 838 g/mol. The molecule has 2 heterocycles. The third kappa shape index (κ3) is 12.0. The Morgan fingerprint density at radius 1 is 0.700 bits per heavy atom. The number of amides is 6. The van der Waals surface area contributed by atoms with Gasteiger partial charge in [-0.3, -0.25) is 33.7 Å². The van der Waals surface area contributed by atoms with Gasteiger partial charge in [0.05, 0.1) is 10.6 Å². The Morgan fingerprint density at radius 2 is 1.22 bits per heavy atom. The number of anilines is 1. The minimum atomic E-state index is -1.19. The fraction of sp³-hybridized carbons (Fsp3) is 0.479. The Labute approximate surface area is 360 Å². The molecule has 0 bridgehead atoms. The molecule has 0 aliphatic carbocycles. The molecule has 12 heteroatoms. The van der Waals surface area contributed by atoms with E-state index < -0.39 is 46.6 Å². The van der Waals surface area contributed by atoms with Crippen LogP contribution >= 0.6 is 11.3 Å². The number of aromatic nitrogens is 1. The number of unbranched alkanes of at least 4 members (excludes halogenated alkanes) is 10. The van der Waals surface area contributed by atoms with Gasteiger partial charge in [-0.15, -0.1) is 0 Å². The third-order valence-corrected chi connectivity index (χ3v) is 11.6. The average Bonchev–Trinajstić information content (AvgIpc) is 3.63. The highest BCUT2D eigenvalue weighted by atomic mass is 32.1. The Bertz CT molecular complexity index is 2030. The van der Waals surface area contributed by atoms with Gasteiger partial charge >= 0.3 is 0 Å². The number of rotatable bonds is 20. The van der Waals surface area contributed by atoms with Crippen molar-refractivity contribution in [3.05, 3.63) is 87.8 Å². The molecular weight excluding hydrogens is 775 g/mol. The van der Waals surface area contributed by atoms with Crippen molar-refractivity contribution in [1.29, 1.82) is 0 Å². The number of hydrogen-bond acceptors (Lipinski definition) is 9. The lowest BCUT2D eigenvalue weighted by Crippen LogP contribution is -2.59. The van der Waals surface area contributed by atoms with Gasteiger partial charge in [-0.25, -0.2) is 4.98 Å². The van der Waals surface area contributed by atoms with Crippen molar-refractivity contribution in [2.75, 3.05) is 18.0 Å². The molecule has 0 saturated carbocycles. The Balaban J connectivity index is 1.93. The second-order valence-electron chi connectivity index (χ2n) is 16.4. The molecule has 60 heavy (non-hydrogen) atoms. The van der Waals surface area contributed by atoms with Crippen LogP contribution in [0.4, 0.5) is 5.13 Å². The number of nitrogens with zero attached hydrogens (tertiary/aromatic N) is 5. The Morgan fingerprint density at radius 3 is 1.72 bits per heavy atom. The van der Waals surface area contributed by atoms with Gasteiger partial charge in [0, 0.05) is 49.2 Å². The quantitative estimate of drug-likeness (QED) is 0.0476. The summed E-state index contributed by atoms with van der Waals surface area (Å²) < 4.78 is 0. The number of thiazole rings is 1. The highest BCUT2D eigenvalue weighted by Gasteiger charge is 2.47. The van der Waals surface area contributed by atoms with Crippen LogP contribution in [0.2, 0.25) is 0 Å². The number of hydrogen-bond donors (Lipinski definition) is 0. The normalized spacial score (nSPS) is 13.9. The zero-order chi connectivity index (χ0) is 44.0. The van der Waals surface area contributed by atoms with Crippen LogP contribution in [0.25, 0.3) is 17.3 Å². The number of benzene rings is 2. The summed E-state index contributed by atoms with van der Waals surface area (Å²) >= 11 is 1.41. The molecule has 0 unspecified atom stereocenters. The van der Waals surface area contributed by atoms with E-state index in [-0.39, 0.29) is 16.7 Å². The molecule has 322 valence electrons. The second-order valence-corrected chi connectivity index (χ2v) is 17.4. The van der Waals surface area contributed by atoms with E-state index in [9.17, 15) is 28.8 Å². The first-order valence-corrected chi connectivity index (χ1v) is 22.3. The molecule has 0 atom stereocenters. The molecule has 1 aliphatic rings. The van der Waals surface area contributed by atoms with Crippen LogP contribution in [-0.4, -0.2) is 74.0 Å². The van der Waals surface area contributed by atoms with E-state index in [4.69, 9.17) is 4.98 Å². The summed E-state index contributed by atoms with van der Waals surface area (Å²) in [5.74, 6) is -5.57. The van der Waals surface area contributed by atoms with E-state index in [0.717, 1.165) is 61.3 Å². The molecule has 0 spiro atoms. The molecular formula is C48H63N5O6S. The first-order valence-electron chi connectivity index (χ1n) is 21.5. The van der Waals surface area contributed by atoms with Crippen LogP contribution in [0.3, 0.4) is 0 Å². The van der Waals surface area contributed by atoms with Crippen molar-refractivity contribution >= 4 is 58.0 Å². The second kappa shape index (κ2) is 22.4. The lowest BCUT2D eigenvalue weighted by molar-refractivity contribution is -0.164. The molecule has 11 nitrogen and oxygen atoms in total. The predicted molar refractivity (Wildman–Crippen MR) is 240 cm³/mol. The molecule has 1 aliphatic heterocycles.